The van der Waals surface area contributed by atoms with Gasteiger partial charge >= 0.3 is 12.1 Å². The molecular formula is C23H27N3O6. The fourth-order valence-corrected chi connectivity index (χ4v) is 3.46. The van der Waals surface area contributed by atoms with Gasteiger partial charge in [0.2, 0.25) is 0 Å². The Morgan fingerprint density at radius 2 is 1.75 bits per heavy atom. The lowest BCUT2D eigenvalue weighted by Gasteiger charge is -2.24. The van der Waals surface area contributed by atoms with Gasteiger partial charge in [-0.25, -0.2) is 9.59 Å². The maximum atomic E-state index is 12.7. The molecule has 1 amide bonds. The van der Waals surface area contributed by atoms with Crippen LogP contribution in [0.5, 0.6) is 0 Å². The van der Waals surface area contributed by atoms with Crippen molar-refractivity contribution in [1.82, 2.24) is 10.2 Å². The van der Waals surface area contributed by atoms with Gasteiger partial charge in [-0.15, -0.1) is 0 Å². The van der Waals surface area contributed by atoms with Crippen LogP contribution >= 0.6 is 0 Å². The van der Waals surface area contributed by atoms with Gasteiger partial charge in [-0.1, -0.05) is 30.3 Å². The first-order chi connectivity index (χ1) is 15.1. The van der Waals surface area contributed by atoms with E-state index in [1.807, 2.05) is 30.3 Å². The van der Waals surface area contributed by atoms with E-state index in [0.717, 1.165) is 5.56 Å². The highest BCUT2D eigenvalue weighted by Gasteiger charge is 2.37. The van der Waals surface area contributed by atoms with Crippen molar-refractivity contribution in [3.05, 3.63) is 75.8 Å². The number of non-ortho nitro benzene ring substituents is 1. The lowest BCUT2D eigenvalue weighted by Crippen LogP contribution is -2.46. The number of rotatable bonds is 6. The molecule has 1 heterocycles. The number of nitrogens with zero attached hydrogens (tertiary/aromatic N) is 2. The van der Waals surface area contributed by atoms with Gasteiger partial charge in [0, 0.05) is 31.8 Å². The van der Waals surface area contributed by atoms with E-state index in [9.17, 15) is 19.7 Å². The highest BCUT2D eigenvalue weighted by molar-refractivity contribution is 5.89. The number of esters is 1. The minimum absolute atomic E-state index is 0.110. The normalized spacial score (nSPS) is 18.7. The van der Waals surface area contributed by atoms with Crippen LogP contribution in [0.3, 0.4) is 0 Å². The molecule has 0 unspecified atom stereocenters. The first-order valence-electron chi connectivity index (χ1n) is 10.3. The summed E-state index contributed by atoms with van der Waals surface area (Å²) in [6, 6.07) is 14.6. The second kappa shape index (κ2) is 9.78. The van der Waals surface area contributed by atoms with Crippen molar-refractivity contribution >= 4 is 17.7 Å². The topological polar surface area (TPSA) is 111 Å². The van der Waals surface area contributed by atoms with Crippen LogP contribution in [0.1, 0.15) is 36.7 Å². The van der Waals surface area contributed by atoms with Crippen molar-refractivity contribution in [3.8, 4) is 0 Å². The molecule has 0 aliphatic carbocycles. The molecule has 1 aliphatic rings. The molecule has 3 rings (SSSR count). The van der Waals surface area contributed by atoms with E-state index in [2.05, 4.69) is 10.2 Å². The van der Waals surface area contributed by atoms with Crippen LogP contribution in [-0.4, -0.2) is 52.7 Å². The van der Waals surface area contributed by atoms with E-state index in [0.29, 0.717) is 19.6 Å². The smallest absolute Gasteiger partial charge is 0.408 e. The number of hydrogen-bond donors (Lipinski definition) is 1. The molecule has 1 N–H and O–H groups in total. The van der Waals surface area contributed by atoms with Gasteiger partial charge in [0.05, 0.1) is 16.5 Å². The van der Waals surface area contributed by atoms with Crippen molar-refractivity contribution < 1.29 is 24.0 Å². The van der Waals surface area contributed by atoms with Crippen LogP contribution in [0, 0.1) is 10.1 Å². The summed E-state index contributed by atoms with van der Waals surface area (Å²) in [6.07, 6.45) is -1.19. The maximum Gasteiger partial charge on any atom is 0.408 e. The summed E-state index contributed by atoms with van der Waals surface area (Å²) in [7, 11) is 0. The molecule has 0 saturated carbocycles. The van der Waals surface area contributed by atoms with Crippen molar-refractivity contribution in [2.24, 2.45) is 0 Å². The molecule has 2 atom stereocenters. The molecule has 0 bridgehead atoms. The van der Waals surface area contributed by atoms with Gasteiger partial charge in [0.25, 0.3) is 5.69 Å². The molecule has 2 aromatic rings. The van der Waals surface area contributed by atoms with Crippen LogP contribution < -0.4 is 5.32 Å². The number of nitro groups is 1. The number of amides is 1. The second-order valence-corrected chi connectivity index (χ2v) is 8.68. The predicted molar refractivity (Wildman–Crippen MR) is 117 cm³/mol. The van der Waals surface area contributed by atoms with E-state index >= 15 is 0 Å². The fraction of sp³-hybridized carbons (Fsp3) is 0.391. The summed E-state index contributed by atoms with van der Waals surface area (Å²) in [5.74, 6) is -0.609. The molecule has 32 heavy (non-hydrogen) atoms. The molecule has 2 aromatic carbocycles. The van der Waals surface area contributed by atoms with Gasteiger partial charge in [0.1, 0.15) is 11.7 Å². The molecule has 1 aliphatic heterocycles. The summed E-state index contributed by atoms with van der Waals surface area (Å²) < 4.78 is 11.0. The lowest BCUT2D eigenvalue weighted by molar-refractivity contribution is -0.384. The number of hydrogen-bond acceptors (Lipinski definition) is 7. The Morgan fingerprint density at radius 1 is 1.09 bits per heavy atom. The zero-order valence-electron chi connectivity index (χ0n) is 18.3. The van der Waals surface area contributed by atoms with Crippen LogP contribution in [0.2, 0.25) is 0 Å². The van der Waals surface area contributed by atoms with Crippen LogP contribution in [0.25, 0.3) is 0 Å². The monoisotopic (exact) mass is 441 g/mol. The van der Waals surface area contributed by atoms with E-state index < -0.39 is 34.7 Å². The molecule has 9 nitrogen and oxygen atoms in total. The van der Waals surface area contributed by atoms with Crippen LogP contribution in [-0.2, 0) is 16.0 Å². The summed E-state index contributed by atoms with van der Waals surface area (Å²) in [4.78, 5) is 37.4. The third-order valence-corrected chi connectivity index (χ3v) is 4.87. The number of likely N-dealkylation sites (tertiary alicyclic amines) is 1. The number of ether oxygens (including phenoxy) is 2. The van der Waals surface area contributed by atoms with E-state index in [4.69, 9.17) is 9.47 Å². The Hall–Kier alpha value is -3.46. The Balaban J connectivity index is 1.70. The number of alkyl carbamates (subject to hydrolysis) is 1. The van der Waals surface area contributed by atoms with Gasteiger partial charge in [-0.05, 0) is 38.5 Å². The van der Waals surface area contributed by atoms with Crippen molar-refractivity contribution in [2.45, 2.75) is 45.1 Å². The number of nitro benzene ring substituents is 1. The Morgan fingerprint density at radius 3 is 2.34 bits per heavy atom. The maximum absolute atomic E-state index is 12.7. The highest BCUT2D eigenvalue weighted by Crippen LogP contribution is 2.20. The van der Waals surface area contributed by atoms with Crippen LogP contribution in [0.4, 0.5) is 10.5 Å². The average molecular weight is 441 g/mol. The van der Waals surface area contributed by atoms with Crippen molar-refractivity contribution in [2.75, 3.05) is 13.1 Å². The zero-order chi connectivity index (χ0) is 23.3. The molecule has 0 aromatic heterocycles. The molecule has 1 saturated heterocycles. The molecule has 0 spiro atoms. The van der Waals surface area contributed by atoms with Gasteiger partial charge < -0.3 is 14.8 Å². The van der Waals surface area contributed by atoms with E-state index in [-0.39, 0.29) is 11.3 Å². The second-order valence-electron chi connectivity index (χ2n) is 8.68. The number of benzene rings is 2. The summed E-state index contributed by atoms with van der Waals surface area (Å²) in [5.41, 5.74) is 0.539. The predicted octanol–water partition coefficient (Wildman–Crippen LogP) is 3.53. The zero-order valence-corrected chi connectivity index (χ0v) is 18.3. The Bertz CT molecular complexity index is 956. The van der Waals surface area contributed by atoms with Crippen molar-refractivity contribution in [1.29, 1.82) is 0 Å². The lowest BCUT2D eigenvalue weighted by atomic mass is 10.2. The first kappa shape index (κ1) is 23.2. The minimum Gasteiger partial charge on any atom is -0.455 e. The average Bonchev–Trinajstić information content (AvgIpc) is 3.07. The number of carbonyl (C=O) groups is 2. The SMILES string of the molecule is CC(C)(C)OC(=O)N[C@H]1CN(Cc2ccccc2)C[C@H]1OC(=O)c1ccc([N+](=O)[O-])cc1. The number of carbonyl (C=O) groups excluding carboxylic acids is 2. The third-order valence-electron chi connectivity index (χ3n) is 4.87. The summed E-state index contributed by atoms with van der Waals surface area (Å²) in [5, 5.41) is 13.6. The summed E-state index contributed by atoms with van der Waals surface area (Å²) in [6.45, 7) is 6.86. The van der Waals surface area contributed by atoms with Gasteiger partial charge in [-0.3, -0.25) is 15.0 Å². The summed E-state index contributed by atoms with van der Waals surface area (Å²) >= 11 is 0. The minimum atomic E-state index is -0.655. The highest BCUT2D eigenvalue weighted by atomic mass is 16.6. The molecular weight excluding hydrogens is 414 g/mol. The molecule has 170 valence electrons. The molecule has 0 radical (unpaired) electrons. The Labute approximate surface area is 186 Å². The Kier molecular flexibility index (Phi) is 7.09. The standard InChI is InChI=1S/C23H27N3O6/c1-23(2,3)32-22(28)24-19-14-25(13-16-7-5-4-6-8-16)15-20(19)31-21(27)17-9-11-18(12-10-17)26(29)30/h4-12,19-20H,13-15H2,1-3H3,(H,24,28)/t19-,20+/m0/s1. The largest absolute Gasteiger partial charge is 0.455 e. The number of nitrogens with one attached hydrogen (secondary N) is 1. The fourth-order valence-electron chi connectivity index (χ4n) is 3.46. The van der Waals surface area contributed by atoms with E-state index in [1.165, 1.54) is 24.3 Å². The third kappa shape index (κ3) is 6.52. The van der Waals surface area contributed by atoms with E-state index in [1.54, 1.807) is 20.8 Å². The molecule has 9 heteroatoms. The molecule has 1 fully saturated rings. The van der Waals surface area contributed by atoms with Gasteiger partial charge in [-0.2, -0.15) is 0 Å². The van der Waals surface area contributed by atoms with Gasteiger partial charge in [0.15, 0.2) is 0 Å². The van der Waals surface area contributed by atoms with Crippen LogP contribution in [0.15, 0.2) is 54.6 Å². The quantitative estimate of drug-likeness (QED) is 0.415. The van der Waals surface area contributed by atoms with Crippen molar-refractivity contribution in [3.63, 3.8) is 0 Å². The first-order valence-corrected chi connectivity index (χ1v) is 10.3.